The number of aromatic nitrogens is 5. The first-order valence-electron chi connectivity index (χ1n) is 10.7. The molecule has 0 bridgehead atoms. The van der Waals surface area contributed by atoms with Gasteiger partial charge in [-0.15, -0.1) is 5.10 Å². The van der Waals surface area contributed by atoms with Gasteiger partial charge >= 0.3 is 0 Å². The molecule has 0 aliphatic rings. The summed E-state index contributed by atoms with van der Waals surface area (Å²) in [5.74, 6) is -4.18. The molecule has 0 unspecified atom stereocenters. The van der Waals surface area contributed by atoms with Crippen molar-refractivity contribution >= 4 is 11.6 Å². The van der Waals surface area contributed by atoms with Gasteiger partial charge in [0.05, 0.1) is 5.69 Å². The first-order valence-corrected chi connectivity index (χ1v) is 10.7. The molecule has 3 aromatic heterocycles. The van der Waals surface area contributed by atoms with E-state index in [1.165, 1.54) is 22.8 Å². The van der Waals surface area contributed by atoms with Crippen LogP contribution in [-0.2, 0) is 0 Å². The normalized spacial score (nSPS) is 12.9. The quantitative estimate of drug-likeness (QED) is 0.329. The second kappa shape index (κ2) is 8.23. The lowest BCUT2D eigenvalue weighted by Crippen LogP contribution is -2.29. The number of nitrogens with two attached hydrogens (primary N) is 1. The standard InChI is InChI=1S/C25H20F4N6/c1-14-20(13-35(32-14)23(25(2,28)29)15-6-8-17(26)9-7-15)19-5-3-4-18(22(19)27)16-10-11-34-21(12-16)31-24(30)33-34/h3-13,23H,1-2H3,(H2,30,33)/t23-/m1/s1. The average Bonchev–Trinajstić information content (AvgIpc) is 3.35. The van der Waals surface area contributed by atoms with Crippen molar-refractivity contribution in [1.29, 1.82) is 0 Å². The maximum Gasteiger partial charge on any atom is 0.271 e. The summed E-state index contributed by atoms with van der Waals surface area (Å²) >= 11 is 0. The van der Waals surface area contributed by atoms with Gasteiger partial charge in [-0.05, 0) is 42.3 Å². The van der Waals surface area contributed by atoms with Gasteiger partial charge in [0, 0.05) is 36.0 Å². The molecule has 2 N–H and O–H groups in total. The molecule has 0 aliphatic carbocycles. The number of hydrogen-bond donors (Lipinski definition) is 1. The Kier molecular flexibility index (Phi) is 5.31. The van der Waals surface area contributed by atoms with E-state index < -0.39 is 23.6 Å². The van der Waals surface area contributed by atoms with Gasteiger partial charge in [0.1, 0.15) is 17.7 Å². The minimum absolute atomic E-state index is 0.0999. The Hall–Kier alpha value is -4.21. The maximum absolute atomic E-state index is 15.7. The van der Waals surface area contributed by atoms with Crippen LogP contribution < -0.4 is 5.73 Å². The van der Waals surface area contributed by atoms with E-state index in [2.05, 4.69) is 15.2 Å². The highest BCUT2D eigenvalue weighted by molar-refractivity contribution is 5.76. The number of nitrogen functional groups attached to an aromatic ring is 1. The zero-order valence-corrected chi connectivity index (χ0v) is 18.8. The minimum atomic E-state index is -3.22. The molecule has 5 aromatic rings. The van der Waals surface area contributed by atoms with Gasteiger partial charge in [0.25, 0.3) is 5.92 Å². The summed E-state index contributed by atoms with van der Waals surface area (Å²) in [4.78, 5) is 4.10. The third-order valence-corrected chi connectivity index (χ3v) is 5.80. The number of hydrogen-bond acceptors (Lipinski definition) is 4. The number of benzene rings is 2. The van der Waals surface area contributed by atoms with Crippen LogP contribution >= 0.6 is 0 Å². The monoisotopic (exact) mass is 480 g/mol. The van der Waals surface area contributed by atoms with Crippen molar-refractivity contribution in [2.45, 2.75) is 25.8 Å². The Labute approximate surface area is 197 Å². The van der Waals surface area contributed by atoms with Crippen LogP contribution in [0.25, 0.3) is 27.9 Å². The highest BCUT2D eigenvalue weighted by Crippen LogP contribution is 2.38. The van der Waals surface area contributed by atoms with Crippen molar-refractivity contribution in [2.24, 2.45) is 0 Å². The lowest BCUT2D eigenvalue weighted by atomic mass is 9.98. The highest BCUT2D eigenvalue weighted by atomic mass is 19.3. The largest absolute Gasteiger partial charge is 0.366 e. The first kappa shape index (κ1) is 22.6. The van der Waals surface area contributed by atoms with Gasteiger partial charge in [-0.2, -0.15) is 10.1 Å². The molecule has 0 saturated carbocycles. The number of nitrogens with zero attached hydrogens (tertiary/aromatic N) is 5. The summed E-state index contributed by atoms with van der Waals surface area (Å²) in [5.41, 5.74) is 8.09. The van der Waals surface area contributed by atoms with Crippen LogP contribution in [0.5, 0.6) is 0 Å². The number of pyridine rings is 1. The van der Waals surface area contributed by atoms with Crippen LogP contribution in [0.3, 0.4) is 0 Å². The molecule has 6 nitrogen and oxygen atoms in total. The van der Waals surface area contributed by atoms with Crippen LogP contribution in [0.1, 0.15) is 24.2 Å². The van der Waals surface area contributed by atoms with Crippen LogP contribution in [0.4, 0.5) is 23.5 Å². The number of fused-ring (bicyclic) bond motifs is 1. The third kappa shape index (κ3) is 4.11. The highest BCUT2D eigenvalue weighted by Gasteiger charge is 2.38. The van der Waals surface area contributed by atoms with Gasteiger partial charge in [-0.25, -0.2) is 22.1 Å². The summed E-state index contributed by atoms with van der Waals surface area (Å²) in [5, 5.41) is 8.29. The predicted octanol–water partition coefficient (Wildman–Crippen LogP) is 5.67. The van der Waals surface area contributed by atoms with Crippen molar-refractivity contribution < 1.29 is 17.6 Å². The molecule has 3 heterocycles. The summed E-state index contributed by atoms with van der Waals surface area (Å²) in [6.45, 7) is 2.39. The molecule has 0 radical (unpaired) electrons. The lowest BCUT2D eigenvalue weighted by molar-refractivity contribution is -0.0217. The molecule has 35 heavy (non-hydrogen) atoms. The van der Waals surface area contributed by atoms with E-state index in [4.69, 9.17) is 5.73 Å². The molecule has 10 heteroatoms. The van der Waals surface area contributed by atoms with Crippen molar-refractivity contribution in [3.63, 3.8) is 0 Å². The Morgan fingerprint density at radius 2 is 1.66 bits per heavy atom. The molecule has 0 saturated heterocycles. The van der Waals surface area contributed by atoms with Gasteiger partial charge in [0.15, 0.2) is 5.65 Å². The van der Waals surface area contributed by atoms with Crippen molar-refractivity contribution in [2.75, 3.05) is 5.73 Å². The Bertz CT molecular complexity index is 1530. The van der Waals surface area contributed by atoms with Gasteiger partial charge in [-0.3, -0.25) is 4.68 Å². The molecule has 5 rings (SSSR count). The van der Waals surface area contributed by atoms with E-state index in [9.17, 15) is 13.2 Å². The molecule has 0 amide bonds. The second-order valence-corrected chi connectivity index (χ2v) is 8.37. The van der Waals surface area contributed by atoms with Crippen molar-refractivity contribution in [3.05, 3.63) is 89.9 Å². The first-order chi connectivity index (χ1) is 16.6. The van der Waals surface area contributed by atoms with E-state index >= 15 is 4.39 Å². The number of aryl methyl sites for hydroxylation is 1. The number of anilines is 1. The second-order valence-electron chi connectivity index (χ2n) is 8.37. The smallest absolute Gasteiger partial charge is 0.271 e. The molecule has 1 atom stereocenters. The molecule has 0 fully saturated rings. The Morgan fingerprint density at radius 3 is 2.37 bits per heavy atom. The molecule has 178 valence electrons. The summed E-state index contributed by atoms with van der Waals surface area (Å²) in [6, 6.07) is 11.5. The van der Waals surface area contributed by atoms with Crippen LogP contribution in [0.15, 0.2) is 67.0 Å². The third-order valence-electron chi connectivity index (χ3n) is 5.80. The average molecular weight is 480 g/mol. The molecular formula is C25H20F4N6. The molecule has 0 aliphatic heterocycles. The SMILES string of the molecule is Cc1nn([C@H](c2ccc(F)cc2)C(C)(F)F)cc1-c1cccc(-c2ccn3nc(N)nc3c2)c1F. The fourth-order valence-electron chi connectivity index (χ4n) is 4.23. The topological polar surface area (TPSA) is 74.0 Å². The van der Waals surface area contributed by atoms with Gasteiger partial charge in [0.2, 0.25) is 5.95 Å². The zero-order chi connectivity index (χ0) is 24.9. The fourth-order valence-corrected chi connectivity index (χ4v) is 4.23. The fraction of sp³-hybridized carbons (Fsp3) is 0.160. The summed E-state index contributed by atoms with van der Waals surface area (Å²) in [6.07, 6.45) is 3.02. The van der Waals surface area contributed by atoms with Crippen molar-refractivity contribution in [1.82, 2.24) is 24.4 Å². The van der Waals surface area contributed by atoms with Crippen molar-refractivity contribution in [3.8, 4) is 22.3 Å². The Morgan fingerprint density at radius 1 is 0.943 bits per heavy atom. The maximum atomic E-state index is 15.7. The summed E-state index contributed by atoms with van der Waals surface area (Å²) in [7, 11) is 0. The zero-order valence-electron chi connectivity index (χ0n) is 18.8. The molecule has 2 aromatic carbocycles. The Balaban J connectivity index is 1.59. The van der Waals surface area contributed by atoms with E-state index in [0.717, 1.165) is 23.7 Å². The number of rotatable bonds is 5. The number of halogens is 4. The predicted molar refractivity (Wildman–Crippen MR) is 124 cm³/mol. The van der Waals surface area contributed by atoms with Gasteiger partial charge < -0.3 is 5.73 Å². The molecule has 0 spiro atoms. The van der Waals surface area contributed by atoms with Crippen LogP contribution in [0, 0.1) is 18.6 Å². The van der Waals surface area contributed by atoms with Crippen LogP contribution in [-0.4, -0.2) is 30.3 Å². The lowest BCUT2D eigenvalue weighted by Gasteiger charge is -2.24. The number of alkyl halides is 2. The van der Waals surface area contributed by atoms with Gasteiger partial charge in [-0.1, -0.05) is 30.3 Å². The summed E-state index contributed by atoms with van der Waals surface area (Å²) < 4.78 is 61.0. The van der Waals surface area contributed by atoms with E-state index in [-0.39, 0.29) is 17.1 Å². The minimum Gasteiger partial charge on any atom is -0.366 e. The van der Waals surface area contributed by atoms with E-state index in [0.29, 0.717) is 28.0 Å². The molecular weight excluding hydrogens is 460 g/mol. The van der Waals surface area contributed by atoms with E-state index in [1.54, 1.807) is 43.5 Å². The van der Waals surface area contributed by atoms with Crippen LogP contribution in [0.2, 0.25) is 0 Å². The van der Waals surface area contributed by atoms with E-state index in [1.807, 2.05) is 0 Å².